The Morgan fingerprint density at radius 3 is 2.70 bits per heavy atom. The Hall–Kier alpha value is -3.03. The lowest BCUT2D eigenvalue weighted by Crippen LogP contribution is -2.06. The second-order valence-electron chi connectivity index (χ2n) is 3.80. The number of carbonyl (C=O) groups is 1. The number of aromatic carboxylic acids is 1. The van der Waals surface area contributed by atoms with Gasteiger partial charge in [-0.05, 0) is 12.5 Å². The van der Waals surface area contributed by atoms with Crippen molar-refractivity contribution in [1.82, 2.24) is 9.97 Å². The van der Waals surface area contributed by atoms with Crippen molar-refractivity contribution in [3.05, 3.63) is 52.0 Å². The van der Waals surface area contributed by atoms with Crippen LogP contribution in [0.15, 0.2) is 30.6 Å². The molecular weight excluding hydrogens is 266 g/mol. The van der Waals surface area contributed by atoms with Gasteiger partial charge in [0, 0.05) is 18.5 Å². The van der Waals surface area contributed by atoms with E-state index in [0.29, 0.717) is 5.56 Å². The van der Waals surface area contributed by atoms with Crippen molar-refractivity contribution in [3.8, 4) is 11.6 Å². The molecule has 8 heteroatoms. The minimum absolute atomic E-state index is 0.0551. The van der Waals surface area contributed by atoms with E-state index in [-0.39, 0.29) is 17.3 Å². The van der Waals surface area contributed by atoms with Crippen LogP contribution in [0.2, 0.25) is 0 Å². The number of ether oxygens (including phenoxy) is 1. The predicted octanol–water partition coefficient (Wildman–Crippen LogP) is 2.18. The molecule has 1 aromatic carbocycles. The number of carboxylic acid groups (broad SMARTS) is 1. The summed E-state index contributed by atoms with van der Waals surface area (Å²) >= 11 is 0. The highest BCUT2D eigenvalue weighted by Crippen LogP contribution is 2.34. The van der Waals surface area contributed by atoms with E-state index in [0.717, 1.165) is 0 Å². The van der Waals surface area contributed by atoms with E-state index in [9.17, 15) is 14.9 Å². The third-order valence-electron chi connectivity index (χ3n) is 2.45. The molecule has 0 unspecified atom stereocenters. The second kappa shape index (κ2) is 5.31. The number of benzene rings is 1. The summed E-state index contributed by atoms with van der Waals surface area (Å²) < 4.78 is 5.30. The van der Waals surface area contributed by atoms with Crippen LogP contribution in [0.4, 0.5) is 5.69 Å². The van der Waals surface area contributed by atoms with Gasteiger partial charge in [-0.15, -0.1) is 0 Å². The average Bonchev–Trinajstić information content (AvgIpc) is 2.41. The van der Waals surface area contributed by atoms with Crippen LogP contribution in [0.25, 0.3) is 0 Å². The Morgan fingerprint density at radius 2 is 2.05 bits per heavy atom. The van der Waals surface area contributed by atoms with Gasteiger partial charge in [0.2, 0.25) is 11.4 Å². The zero-order valence-electron chi connectivity index (χ0n) is 10.3. The fraction of sp³-hybridized carbons (Fsp3) is 0.0833. The van der Waals surface area contributed by atoms with Gasteiger partial charge in [-0.1, -0.05) is 12.1 Å². The molecule has 0 spiro atoms. The number of aryl methyl sites for hydroxylation is 1. The van der Waals surface area contributed by atoms with Crippen LogP contribution < -0.4 is 4.74 Å². The van der Waals surface area contributed by atoms with Gasteiger partial charge in [0.1, 0.15) is 0 Å². The molecule has 0 aliphatic heterocycles. The van der Waals surface area contributed by atoms with Gasteiger partial charge in [-0.25, -0.2) is 14.8 Å². The van der Waals surface area contributed by atoms with Crippen LogP contribution in [-0.4, -0.2) is 26.0 Å². The molecule has 1 N–H and O–H groups in total. The fourth-order valence-electron chi connectivity index (χ4n) is 1.56. The summed E-state index contributed by atoms with van der Waals surface area (Å²) in [6.45, 7) is 1.61. The molecular formula is C12H9N3O5. The molecule has 102 valence electrons. The van der Waals surface area contributed by atoms with Crippen LogP contribution in [0.5, 0.6) is 11.6 Å². The lowest BCUT2D eigenvalue weighted by molar-refractivity contribution is -0.385. The summed E-state index contributed by atoms with van der Waals surface area (Å²) in [6.07, 6.45) is 2.44. The van der Waals surface area contributed by atoms with Crippen molar-refractivity contribution < 1.29 is 19.6 Å². The molecule has 0 fully saturated rings. The summed E-state index contributed by atoms with van der Waals surface area (Å²) in [5, 5.41) is 19.9. The zero-order chi connectivity index (χ0) is 14.7. The molecule has 1 heterocycles. The Morgan fingerprint density at radius 1 is 1.35 bits per heavy atom. The standard InChI is InChI=1S/C12H9N3O5/c1-7-3-2-4-8(15(18)19)10(7)20-11-9(12(16)17)13-5-6-14-11/h2-6H,1H3,(H,16,17). The van der Waals surface area contributed by atoms with E-state index in [4.69, 9.17) is 9.84 Å². The number of nitrogens with zero attached hydrogens (tertiary/aromatic N) is 3. The Labute approximate surface area is 112 Å². The summed E-state index contributed by atoms with van der Waals surface area (Å²) in [4.78, 5) is 28.7. The zero-order valence-corrected chi connectivity index (χ0v) is 10.3. The van der Waals surface area contributed by atoms with Gasteiger partial charge >= 0.3 is 11.7 Å². The molecule has 2 rings (SSSR count). The van der Waals surface area contributed by atoms with Crippen molar-refractivity contribution in [3.63, 3.8) is 0 Å². The Balaban J connectivity index is 2.51. The minimum Gasteiger partial charge on any atom is -0.476 e. The van der Waals surface area contributed by atoms with Crippen LogP contribution >= 0.6 is 0 Å². The van der Waals surface area contributed by atoms with Crippen molar-refractivity contribution in [2.24, 2.45) is 0 Å². The molecule has 0 aliphatic carbocycles. The third-order valence-corrected chi connectivity index (χ3v) is 2.45. The van der Waals surface area contributed by atoms with Gasteiger partial charge in [0.05, 0.1) is 4.92 Å². The molecule has 1 aromatic heterocycles. The SMILES string of the molecule is Cc1cccc([N+](=O)[O-])c1Oc1nccnc1C(=O)O. The van der Waals surface area contributed by atoms with Gasteiger partial charge in [-0.3, -0.25) is 10.1 Å². The maximum Gasteiger partial charge on any atom is 0.360 e. The minimum atomic E-state index is -1.33. The van der Waals surface area contributed by atoms with E-state index >= 15 is 0 Å². The highest BCUT2D eigenvalue weighted by atomic mass is 16.6. The number of nitro groups is 1. The van der Waals surface area contributed by atoms with E-state index in [1.807, 2.05) is 0 Å². The maximum absolute atomic E-state index is 11.0. The summed E-state index contributed by atoms with van der Waals surface area (Å²) in [5.41, 5.74) is -0.196. The number of nitro benzene ring substituents is 1. The number of hydrogen-bond acceptors (Lipinski definition) is 6. The quantitative estimate of drug-likeness (QED) is 0.671. The van der Waals surface area contributed by atoms with Gasteiger partial charge in [-0.2, -0.15) is 0 Å². The molecule has 0 aliphatic rings. The first kappa shape index (κ1) is 13.4. The molecule has 0 atom stereocenters. The topological polar surface area (TPSA) is 115 Å². The molecule has 0 amide bonds. The lowest BCUT2D eigenvalue weighted by Gasteiger charge is -2.09. The molecule has 20 heavy (non-hydrogen) atoms. The Kier molecular flexibility index (Phi) is 3.56. The van der Waals surface area contributed by atoms with E-state index in [1.54, 1.807) is 13.0 Å². The molecule has 8 nitrogen and oxygen atoms in total. The predicted molar refractivity (Wildman–Crippen MR) is 66.9 cm³/mol. The Bertz CT molecular complexity index is 687. The first-order chi connectivity index (χ1) is 9.50. The number of aromatic nitrogens is 2. The van der Waals surface area contributed by atoms with Crippen LogP contribution in [-0.2, 0) is 0 Å². The van der Waals surface area contributed by atoms with Gasteiger partial charge in [0.25, 0.3) is 5.88 Å². The summed E-state index contributed by atoms with van der Waals surface area (Å²) in [5.74, 6) is -1.68. The number of para-hydroxylation sites is 1. The smallest absolute Gasteiger partial charge is 0.360 e. The fourth-order valence-corrected chi connectivity index (χ4v) is 1.56. The molecule has 0 saturated carbocycles. The number of carboxylic acids is 1. The third kappa shape index (κ3) is 2.53. The van der Waals surface area contributed by atoms with Gasteiger partial charge in [0.15, 0.2) is 0 Å². The molecule has 0 radical (unpaired) electrons. The van der Waals surface area contributed by atoms with E-state index in [1.165, 1.54) is 24.5 Å². The highest BCUT2D eigenvalue weighted by Gasteiger charge is 2.22. The van der Waals surface area contributed by atoms with E-state index in [2.05, 4.69) is 9.97 Å². The number of rotatable bonds is 4. The second-order valence-corrected chi connectivity index (χ2v) is 3.80. The van der Waals surface area contributed by atoms with Crippen LogP contribution in [0.3, 0.4) is 0 Å². The average molecular weight is 275 g/mol. The van der Waals surface area contributed by atoms with Crippen molar-refractivity contribution in [2.45, 2.75) is 6.92 Å². The molecule has 0 bridgehead atoms. The summed E-state index contributed by atoms with van der Waals surface area (Å²) in [6, 6.07) is 4.38. The maximum atomic E-state index is 11.0. The highest BCUT2D eigenvalue weighted by molar-refractivity contribution is 5.87. The van der Waals surface area contributed by atoms with Gasteiger partial charge < -0.3 is 9.84 Å². The first-order valence-corrected chi connectivity index (χ1v) is 5.47. The normalized spacial score (nSPS) is 10.1. The van der Waals surface area contributed by atoms with Crippen molar-refractivity contribution in [1.29, 1.82) is 0 Å². The van der Waals surface area contributed by atoms with E-state index < -0.39 is 16.6 Å². The summed E-state index contributed by atoms with van der Waals surface area (Å²) in [7, 11) is 0. The monoisotopic (exact) mass is 275 g/mol. The van der Waals surface area contributed by atoms with Crippen LogP contribution in [0, 0.1) is 17.0 Å². The van der Waals surface area contributed by atoms with Crippen molar-refractivity contribution in [2.75, 3.05) is 0 Å². The van der Waals surface area contributed by atoms with Crippen LogP contribution in [0.1, 0.15) is 16.1 Å². The number of hydrogen-bond donors (Lipinski definition) is 1. The van der Waals surface area contributed by atoms with Crippen molar-refractivity contribution >= 4 is 11.7 Å². The molecule has 0 saturated heterocycles. The molecule has 2 aromatic rings. The first-order valence-electron chi connectivity index (χ1n) is 5.47. The lowest BCUT2D eigenvalue weighted by atomic mass is 10.2. The largest absolute Gasteiger partial charge is 0.476 e.